The van der Waals surface area contributed by atoms with Gasteiger partial charge in [-0.3, -0.25) is 4.79 Å². The average Bonchev–Trinajstić information content (AvgIpc) is 3.06. The summed E-state index contributed by atoms with van der Waals surface area (Å²) in [6.45, 7) is 8.70. The third-order valence-corrected chi connectivity index (χ3v) is 5.57. The largest absolute Gasteiger partial charge is 0.306 e. The van der Waals surface area contributed by atoms with E-state index < -0.39 is 26.6 Å². The zero-order valence-corrected chi connectivity index (χ0v) is 18.0. The molecule has 2 N–H and O–H groups in total. The number of anilines is 1. The van der Waals surface area contributed by atoms with E-state index in [4.69, 9.17) is 0 Å². The van der Waals surface area contributed by atoms with Crippen molar-refractivity contribution in [2.75, 3.05) is 11.9 Å². The Labute approximate surface area is 179 Å². The van der Waals surface area contributed by atoms with Crippen molar-refractivity contribution in [1.29, 1.82) is 0 Å². The Morgan fingerprint density at radius 3 is 2.45 bits per heavy atom. The fraction of sp³-hybridized carbons (Fsp3) is 0.200. The normalized spacial score (nSPS) is 11.4. The van der Waals surface area contributed by atoms with Gasteiger partial charge in [0.1, 0.15) is 16.5 Å². The van der Waals surface area contributed by atoms with Crippen LogP contribution in [0.3, 0.4) is 0 Å². The van der Waals surface area contributed by atoms with Crippen molar-refractivity contribution in [1.82, 2.24) is 24.5 Å². The van der Waals surface area contributed by atoms with E-state index in [1.165, 1.54) is 16.8 Å². The highest BCUT2D eigenvalue weighted by molar-refractivity contribution is 7.89. The summed E-state index contributed by atoms with van der Waals surface area (Å²) in [5.74, 6) is -1.06. The molecule has 9 nitrogen and oxygen atoms in total. The number of carbonyl (C=O) groups excluding carboxylic acids is 1. The number of hydrogen-bond acceptors (Lipinski definition) is 6. The molecule has 162 valence electrons. The van der Waals surface area contributed by atoms with E-state index >= 15 is 0 Å². The smallest absolute Gasteiger partial charge is 0.256 e. The van der Waals surface area contributed by atoms with E-state index in [9.17, 15) is 17.6 Å². The molecule has 0 fully saturated rings. The highest BCUT2D eigenvalue weighted by atomic mass is 32.2. The van der Waals surface area contributed by atoms with Crippen LogP contribution >= 0.6 is 0 Å². The Hall–Kier alpha value is -3.44. The third-order valence-electron chi connectivity index (χ3n) is 4.13. The minimum absolute atomic E-state index is 0.0490. The molecule has 0 atom stereocenters. The summed E-state index contributed by atoms with van der Waals surface area (Å²) in [7, 11) is -4.15. The van der Waals surface area contributed by atoms with Crippen LogP contribution in [0.25, 0.3) is 5.95 Å². The van der Waals surface area contributed by atoms with Gasteiger partial charge in [-0.15, -0.1) is 6.58 Å². The maximum absolute atomic E-state index is 14.1. The fourth-order valence-corrected chi connectivity index (χ4v) is 3.93. The van der Waals surface area contributed by atoms with Crippen LogP contribution < -0.4 is 10.0 Å². The zero-order chi connectivity index (χ0) is 22.8. The molecule has 31 heavy (non-hydrogen) atoms. The van der Waals surface area contributed by atoms with Crippen molar-refractivity contribution >= 4 is 21.7 Å². The number of nitrogens with one attached hydrogen (secondary N) is 2. The topological polar surface area (TPSA) is 119 Å². The summed E-state index contributed by atoms with van der Waals surface area (Å²) in [4.78, 5) is 20.8. The molecule has 0 bridgehead atoms. The van der Waals surface area contributed by atoms with Crippen molar-refractivity contribution in [3.05, 3.63) is 71.4 Å². The van der Waals surface area contributed by atoms with Crippen LogP contribution in [0.5, 0.6) is 0 Å². The number of sulfonamides is 1. The molecule has 1 aromatic carbocycles. The van der Waals surface area contributed by atoms with Crippen molar-refractivity contribution in [3.63, 3.8) is 0 Å². The van der Waals surface area contributed by atoms with Crippen molar-refractivity contribution in [3.8, 4) is 5.95 Å². The Balaban J connectivity index is 1.94. The lowest BCUT2D eigenvalue weighted by Crippen LogP contribution is -2.25. The van der Waals surface area contributed by atoms with Crippen LogP contribution in [-0.2, 0) is 10.0 Å². The quantitative estimate of drug-likeness (QED) is 0.541. The number of rotatable bonds is 7. The summed E-state index contributed by atoms with van der Waals surface area (Å²) < 4.78 is 42.3. The predicted molar refractivity (Wildman–Crippen MR) is 113 cm³/mol. The second-order valence-corrected chi connectivity index (χ2v) is 8.51. The van der Waals surface area contributed by atoms with Gasteiger partial charge >= 0.3 is 0 Å². The zero-order valence-electron chi connectivity index (χ0n) is 17.2. The molecule has 0 aliphatic heterocycles. The molecule has 3 aromatic rings. The van der Waals surface area contributed by atoms with Crippen LogP contribution in [0.15, 0.2) is 47.9 Å². The Morgan fingerprint density at radius 1 is 1.13 bits per heavy atom. The Morgan fingerprint density at radius 2 is 1.81 bits per heavy atom. The maximum atomic E-state index is 14.1. The fourth-order valence-electron chi connectivity index (χ4n) is 2.83. The Bertz CT molecular complexity index is 1250. The van der Waals surface area contributed by atoms with Crippen LogP contribution in [-0.4, -0.2) is 40.6 Å². The van der Waals surface area contributed by atoms with Gasteiger partial charge in [0.25, 0.3) is 11.9 Å². The first kappa shape index (κ1) is 22.2. The number of hydrogen-bond donors (Lipinski definition) is 2. The molecule has 0 radical (unpaired) electrons. The standard InChI is InChI=1S/C20H21FN6O3S/c1-5-8-22-31(29,30)17-11-15(6-7-16(17)21)19(28)25-18-10-14(4)26-27(18)20-23-12(2)9-13(3)24-20/h5-7,9-11,22H,1,8H2,2-4H3,(H,25,28). The van der Waals surface area contributed by atoms with Crippen molar-refractivity contribution < 1.29 is 17.6 Å². The molecule has 0 saturated carbocycles. The SMILES string of the molecule is C=CCNS(=O)(=O)c1cc(C(=O)Nc2cc(C)nn2-c2nc(C)cc(C)n2)ccc1F. The molecule has 0 aliphatic rings. The van der Waals surface area contributed by atoms with Crippen LogP contribution in [0.1, 0.15) is 27.4 Å². The third kappa shape index (κ3) is 5.01. The summed E-state index contributed by atoms with van der Waals surface area (Å²) >= 11 is 0. The second-order valence-electron chi connectivity index (χ2n) is 6.77. The van der Waals surface area contributed by atoms with Crippen LogP contribution in [0, 0.1) is 26.6 Å². The molecule has 3 rings (SSSR count). The summed E-state index contributed by atoms with van der Waals surface area (Å²) in [5, 5.41) is 6.97. The lowest BCUT2D eigenvalue weighted by Gasteiger charge is -2.10. The Kier molecular flexibility index (Phi) is 6.27. The molecule has 0 unspecified atom stereocenters. The first-order chi connectivity index (χ1) is 14.6. The van der Waals surface area contributed by atoms with Crippen LogP contribution in [0.4, 0.5) is 10.2 Å². The van der Waals surface area contributed by atoms with Gasteiger partial charge in [-0.05, 0) is 45.0 Å². The first-order valence-electron chi connectivity index (χ1n) is 9.21. The van der Waals surface area contributed by atoms with E-state index in [1.54, 1.807) is 19.1 Å². The van der Waals surface area contributed by atoms with Gasteiger partial charge in [0, 0.05) is 29.6 Å². The van der Waals surface area contributed by atoms with Crippen LogP contribution in [0.2, 0.25) is 0 Å². The molecule has 1 amide bonds. The monoisotopic (exact) mass is 444 g/mol. The van der Waals surface area contributed by atoms with Crippen molar-refractivity contribution in [2.24, 2.45) is 0 Å². The van der Waals surface area contributed by atoms with Gasteiger partial charge in [-0.1, -0.05) is 6.08 Å². The lowest BCUT2D eigenvalue weighted by molar-refractivity contribution is 0.102. The second kappa shape index (κ2) is 8.74. The molecule has 0 saturated heterocycles. The predicted octanol–water partition coefficient (Wildman–Crippen LogP) is 2.44. The van der Waals surface area contributed by atoms with Gasteiger partial charge < -0.3 is 5.32 Å². The van der Waals surface area contributed by atoms with Gasteiger partial charge in [0.05, 0.1) is 5.69 Å². The first-order valence-corrected chi connectivity index (χ1v) is 10.7. The maximum Gasteiger partial charge on any atom is 0.256 e. The molecule has 2 heterocycles. The van der Waals surface area contributed by atoms with E-state index in [0.29, 0.717) is 5.69 Å². The lowest BCUT2D eigenvalue weighted by atomic mass is 10.2. The summed E-state index contributed by atoms with van der Waals surface area (Å²) in [5.41, 5.74) is 2.02. The number of aromatic nitrogens is 4. The van der Waals surface area contributed by atoms with Gasteiger partial charge in [-0.2, -0.15) is 9.78 Å². The summed E-state index contributed by atoms with van der Waals surface area (Å²) in [6, 6.07) is 6.51. The van der Waals surface area contributed by atoms with Gasteiger partial charge in [-0.25, -0.2) is 27.5 Å². The van der Waals surface area contributed by atoms with E-state index in [0.717, 1.165) is 23.5 Å². The van der Waals surface area contributed by atoms with Gasteiger partial charge in [0.2, 0.25) is 10.0 Å². The number of halogens is 1. The number of amides is 1. The highest BCUT2D eigenvalue weighted by Crippen LogP contribution is 2.20. The highest BCUT2D eigenvalue weighted by Gasteiger charge is 2.21. The molecule has 2 aromatic heterocycles. The van der Waals surface area contributed by atoms with Crippen molar-refractivity contribution in [2.45, 2.75) is 25.7 Å². The molecular formula is C20H21FN6O3S. The summed E-state index contributed by atoms with van der Waals surface area (Å²) in [6.07, 6.45) is 1.32. The molecule has 0 spiro atoms. The van der Waals surface area contributed by atoms with E-state index in [2.05, 4.69) is 31.7 Å². The average molecular weight is 444 g/mol. The minimum Gasteiger partial charge on any atom is -0.306 e. The number of carbonyl (C=O) groups is 1. The van der Waals surface area contributed by atoms with E-state index in [1.807, 2.05) is 13.8 Å². The number of benzene rings is 1. The minimum atomic E-state index is -4.15. The molecular weight excluding hydrogens is 423 g/mol. The number of aryl methyl sites for hydroxylation is 3. The van der Waals surface area contributed by atoms with Gasteiger partial charge in [0.15, 0.2) is 0 Å². The molecule has 0 aliphatic carbocycles. The number of nitrogens with zero attached hydrogens (tertiary/aromatic N) is 4. The molecule has 11 heteroatoms. The van der Waals surface area contributed by atoms with E-state index in [-0.39, 0.29) is 23.9 Å².